The highest BCUT2D eigenvalue weighted by atomic mass is 16.5. The van der Waals surface area contributed by atoms with Gasteiger partial charge < -0.3 is 10.1 Å². The summed E-state index contributed by atoms with van der Waals surface area (Å²) < 4.78 is 5.41. The minimum atomic E-state index is 0.461. The van der Waals surface area contributed by atoms with Crippen LogP contribution >= 0.6 is 0 Å². The Morgan fingerprint density at radius 3 is 3.00 bits per heavy atom. The molecule has 0 aromatic carbocycles. The Balaban J connectivity index is 2.10. The number of ether oxygens (including phenoxy) is 1. The predicted molar refractivity (Wildman–Crippen MR) is 64.2 cm³/mol. The maximum atomic E-state index is 5.41. The van der Waals surface area contributed by atoms with Crippen molar-refractivity contribution in [3.63, 3.8) is 0 Å². The predicted octanol–water partition coefficient (Wildman–Crippen LogP) is 1.49. The fourth-order valence-corrected chi connectivity index (χ4v) is 2.02. The van der Waals surface area contributed by atoms with Crippen molar-refractivity contribution in [2.75, 3.05) is 33.3 Å². The summed E-state index contributed by atoms with van der Waals surface area (Å²) in [5.74, 6) is 0. The molecule has 0 bridgehead atoms. The molecule has 1 rings (SSSR count). The maximum Gasteiger partial charge on any atom is 0.0698 e. The molecule has 1 heterocycles. The normalized spacial score (nSPS) is 25.4. The number of nitrogens with one attached hydrogen (secondary N) is 1. The summed E-state index contributed by atoms with van der Waals surface area (Å²) in [6, 6.07) is 0.646. The molecular formula is C12H26N2O. The molecule has 2 atom stereocenters. The molecule has 1 saturated heterocycles. The van der Waals surface area contributed by atoms with Crippen molar-refractivity contribution < 1.29 is 4.74 Å². The first-order valence-corrected chi connectivity index (χ1v) is 6.24. The molecule has 0 aliphatic carbocycles. The molecular weight excluding hydrogens is 188 g/mol. The fourth-order valence-electron chi connectivity index (χ4n) is 2.02. The lowest BCUT2D eigenvalue weighted by atomic mass is 10.1. The van der Waals surface area contributed by atoms with Crippen LogP contribution in [0.5, 0.6) is 0 Å². The van der Waals surface area contributed by atoms with Gasteiger partial charge in [-0.25, -0.2) is 0 Å². The molecule has 0 saturated carbocycles. The summed E-state index contributed by atoms with van der Waals surface area (Å²) in [6.45, 7) is 9.07. The van der Waals surface area contributed by atoms with Crippen LogP contribution in [0.3, 0.4) is 0 Å². The van der Waals surface area contributed by atoms with Crippen LogP contribution < -0.4 is 5.32 Å². The van der Waals surface area contributed by atoms with E-state index in [4.69, 9.17) is 4.74 Å². The molecule has 15 heavy (non-hydrogen) atoms. The van der Waals surface area contributed by atoms with Crippen LogP contribution in [0.2, 0.25) is 0 Å². The Kier molecular flexibility index (Phi) is 6.22. The van der Waals surface area contributed by atoms with Crippen LogP contribution in [-0.4, -0.2) is 50.3 Å². The van der Waals surface area contributed by atoms with E-state index in [0.717, 1.165) is 19.6 Å². The maximum absolute atomic E-state index is 5.41. The van der Waals surface area contributed by atoms with Crippen molar-refractivity contribution in [2.45, 2.75) is 45.3 Å². The first-order chi connectivity index (χ1) is 7.26. The van der Waals surface area contributed by atoms with Crippen molar-refractivity contribution in [1.29, 1.82) is 0 Å². The van der Waals surface area contributed by atoms with E-state index in [0.29, 0.717) is 12.1 Å². The number of piperidine rings is 1. The molecule has 1 aliphatic heterocycles. The van der Waals surface area contributed by atoms with Gasteiger partial charge >= 0.3 is 0 Å². The summed E-state index contributed by atoms with van der Waals surface area (Å²) >= 11 is 0. The molecule has 0 aromatic rings. The Morgan fingerprint density at radius 2 is 2.33 bits per heavy atom. The Hall–Kier alpha value is -0.120. The lowest BCUT2D eigenvalue weighted by Gasteiger charge is -2.32. The molecule has 0 aromatic heterocycles. The van der Waals surface area contributed by atoms with Gasteiger partial charge in [-0.1, -0.05) is 6.92 Å². The van der Waals surface area contributed by atoms with Crippen molar-refractivity contribution in [1.82, 2.24) is 10.2 Å². The standard InChI is InChI=1S/C12H26N2O/c1-4-11(2)13-7-9-14-8-5-6-12(10-14)15-3/h11-13H,4-10H2,1-3H3. The fraction of sp³-hybridized carbons (Fsp3) is 1.00. The minimum Gasteiger partial charge on any atom is -0.380 e. The molecule has 90 valence electrons. The summed E-state index contributed by atoms with van der Waals surface area (Å²) in [5.41, 5.74) is 0. The van der Waals surface area contributed by atoms with Crippen molar-refractivity contribution in [3.05, 3.63) is 0 Å². The molecule has 1 N–H and O–H groups in total. The number of likely N-dealkylation sites (tertiary alicyclic amines) is 1. The van der Waals surface area contributed by atoms with Crippen LogP contribution in [-0.2, 0) is 4.74 Å². The Morgan fingerprint density at radius 1 is 1.53 bits per heavy atom. The first-order valence-electron chi connectivity index (χ1n) is 6.24. The molecule has 1 fully saturated rings. The number of hydrogen-bond acceptors (Lipinski definition) is 3. The Labute approximate surface area is 94.2 Å². The number of rotatable bonds is 6. The van der Waals surface area contributed by atoms with E-state index in [1.807, 2.05) is 7.11 Å². The van der Waals surface area contributed by atoms with Crippen molar-refractivity contribution in [3.8, 4) is 0 Å². The summed E-state index contributed by atoms with van der Waals surface area (Å²) in [6.07, 6.45) is 4.18. The molecule has 2 unspecified atom stereocenters. The topological polar surface area (TPSA) is 24.5 Å². The highest BCUT2D eigenvalue weighted by Gasteiger charge is 2.18. The second kappa shape index (κ2) is 7.20. The van der Waals surface area contributed by atoms with Crippen molar-refractivity contribution in [2.24, 2.45) is 0 Å². The average molecular weight is 214 g/mol. The zero-order valence-corrected chi connectivity index (χ0v) is 10.5. The van der Waals surface area contributed by atoms with Gasteiger partial charge in [-0.05, 0) is 32.7 Å². The van der Waals surface area contributed by atoms with E-state index in [1.54, 1.807) is 0 Å². The van der Waals surface area contributed by atoms with Gasteiger partial charge in [0.15, 0.2) is 0 Å². The molecule has 0 amide bonds. The SMILES string of the molecule is CCC(C)NCCN1CCCC(OC)C1. The third kappa shape index (κ3) is 4.96. The van der Waals surface area contributed by atoms with E-state index >= 15 is 0 Å². The largest absolute Gasteiger partial charge is 0.380 e. The molecule has 0 radical (unpaired) electrons. The van der Waals surface area contributed by atoms with Gasteiger partial charge in [-0.15, -0.1) is 0 Å². The average Bonchev–Trinajstić information content (AvgIpc) is 2.29. The summed E-state index contributed by atoms with van der Waals surface area (Å²) in [4.78, 5) is 2.51. The van der Waals surface area contributed by atoms with E-state index in [9.17, 15) is 0 Å². The minimum absolute atomic E-state index is 0.461. The van der Waals surface area contributed by atoms with Crippen LogP contribution in [0.1, 0.15) is 33.1 Å². The van der Waals surface area contributed by atoms with Gasteiger partial charge in [0.2, 0.25) is 0 Å². The van der Waals surface area contributed by atoms with E-state index in [2.05, 4.69) is 24.1 Å². The van der Waals surface area contributed by atoms with Gasteiger partial charge in [0.1, 0.15) is 0 Å². The van der Waals surface area contributed by atoms with Crippen LogP contribution in [0, 0.1) is 0 Å². The van der Waals surface area contributed by atoms with Crippen LogP contribution in [0.25, 0.3) is 0 Å². The summed E-state index contributed by atoms with van der Waals surface area (Å²) in [5, 5.41) is 3.53. The third-order valence-corrected chi connectivity index (χ3v) is 3.33. The van der Waals surface area contributed by atoms with Gasteiger partial charge in [0, 0.05) is 32.8 Å². The molecule has 3 nitrogen and oxygen atoms in total. The van der Waals surface area contributed by atoms with Gasteiger partial charge in [-0.2, -0.15) is 0 Å². The third-order valence-electron chi connectivity index (χ3n) is 3.33. The lowest BCUT2D eigenvalue weighted by Crippen LogP contribution is -2.43. The van der Waals surface area contributed by atoms with Gasteiger partial charge in [0.05, 0.1) is 6.10 Å². The molecule has 0 spiro atoms. The highest BCUT2D eigenvalue weighted by Crippen LogP contribution is 2.11. The number of nitrogens with zero attached hydrogens (tertiary/aromatic N) is 1. The monoisotopic (exact) mass is 214 g/mol. The van der Waals surface area contributed by atoms with E-state index in [-0.39, 0.29) is 0 Å². The Bertz CT molecular complexity index is 164. The number of hydrogen-bond donors (Lipinski definition) is 1. The second-order valence-electron chi connectivity index (χ2n) is 4.56. The van der Waals surface area contributed by atoms with Crippen LogP contribution in [0.15, 0.2) is 0 Å². The first kappa shape index (κ1) is 12.9. The zero-order chi connectivity index (χ0) is 11.1. The van der Waals surface area contributed by atoms with Gasteiger partial charge in [-0.3, -0.25) is 4.90 Å². The lowest BCUT2D eigenvalue weighted by molar-refractivity contribution is 0.0317. The van der Waals surface area contributed by atoms with Crippen molar-refractivity contribution >= 4 is 0 Å². The quantitative estimate of drug-likeness (QED) is 0.725. The van der Waals surface area contributed by atoms with E-state index in [1.165, 1.54) is 25.8 Å². The number of methoxy groups -OCH3 is 1. The highest BCUT2D eigenvalue weighted by molar-refractivity contribution is 4.73. The molecule has 3 heteroatoms. The van der Waals surface area contributed by atoms with Gasteiger partial charge in [0.25, 0.3) is 0 Å². The second-order valence-corrected chi connectivity index (χ2v) is 4.56. The molecule has 1 aliphatic rings. The smallest absolute Gasteiger partial charge is 0.0698 e. The zero-order valence-electron chi connectivity index (χ0n) is 10.5. The van der Waals surface area contributed by atoms with E-state index < -0.39 is 0 Å². The summed E-state index contributed by atoms with van der Waals surface area (Å²) in [7, 11) is 1.82. The van der Waals surface area contributed by atoms with Crippen LogP contribution in [0.4, 0.5) is 0 Å².